The van der Waals surface area contributed by atoms with Crippen molar-refractivity contribution < 1.29 is 9.59 Å². The van der Waals surface area contributed by atoms with Crippen molar-refractivity contribution in [1.29, 1.82) is 0 Å². The molecule has 1 saturated heterocycles. The Morgan fingerprint density at radius 1 is 1.25 bits per heavy atom. The topological polar surface area (TPSA) is 81.2 Å². The van der Waals surface area contributed by atoms with Crippen LogP contribution >= 0.6 is 0 Å². The van der Waals surface area contributed by atoms with Crippen LogP contribution in [0, 0.1) is 6.92 Å². The molecule has 2 amide bonds. The molecule has 6 nitrogen and oxygen atoms in total. The average molecular weight is 326 g/mol. The Balaban J connectivity index is 1.95. The molecule has 2 N–H and O–H groups in total. The van der Waals surface area contributed by atoms with E-state index in [-0.39, 0.29) is 11.9 Å². The van der Waals surface area contributed by atoms with Gasteiger partial charge in [-0.25, -0.2) is 0 Å². The van der Waals surface area contributed by atoms with E-state index in [2.05, 4.69) is 5.10 Å². The van der Waals surface area contributed by atoms with E-state index in [1.54, 1.807) is 29.8 Å². The number of hydrogen-bond acceptors (Lipinski definition) is 3. The van der Waals surface area contributed by atoms with E-state index in [1.807, 2.05) is 24.3 Å². The number of primary amides is 1. The Labute approximate surface area is 141 Å². The van der Waals surface area contributed by atoms with Crippen molar-refractivity contribution in [2.75, 3.05) is 6.54 Å². The maximum absolute atomic E-state index is 13.1. The molecule has 1 unspecified atom stereocenters. The van der Waals surface area contributed by atoms with Gasteiger partial charge in [-0.2, -0.15) is 5.10 Å². The number of nitrogens with zero attached hydrogens (tertiary/aromatic N) is 3. The molecule has 1 aromatic carbocycles. The van der Waals surface area contributed by atoms with Crippen LogP contribution in [0.4, 0.5) is 0 Å². The lowest BCUT2D eigenvalue weighted by atomic mass is 9.94. The van der Waals surface area contributed by atoms with Gasteiger partial charge in [0.15, 0.2) is 0 Å². The minimum atomic E-state index is -0.510. The monoisotopic (exact) mass is 326 g/mol. The number of aryl methyl sites for hydroxylation is 1. The third kappa shape index (κ3) is 2.91. The van der Waals surface area contributed by atoms with Crippen LogP contribution in [-0.2, 0) is 7.05 Å². The van der Waals surface area contributed by atoms with Crippen LogP contribution in [0.25, 0.3) is 0 Å². The lowest BCUT2D eigenvalue weighted by Crippen LogP contribution is -2.39. The van der Waals surface area contributed by atoms with Gasteiger partial charge in [0.2, 0.25) is 5.91 Å². The first kappa shape index (κ1) is 16.2. The Bertz CT molecular complexity index is 781. The summed E-state index contributed by atoms with van der Waals surface area (Å²) < 4.78 is 1.76. The fraction of sp³-hybridized carbons (Fsp3) is 0.389. The zero-order valence-corrected chi connectivity index (χ0v) is 14.0. The molecule has 126 valence electrons. The third-order valence-corrected chi connectivity index (χ3v) is 4.70. The molecule has 2 heterocycles. The fourth-order valence-corrected chi connectivity index (χ4v) is 3.42. The van der Waals surface area contributed by atoms with E-state index >= 15 is 0 Å². The van der Waals surface area contributed by atoms with Gasteiger partial charge in [0.25, 0.3) is 5.91 Å². The molecule has 0 saturated carbocycles. The Kier molecular flexibility index (Phi) is 4.38. The van der Waals surface area contributed by atoms with Crippen molar-refractivity contribution in [2.24, 2.45) is 12.8 Å². The number of carbonyl (C=O) groups is 2. The Hall–Kier alpha value is -2.63. The predicted octanol–water partition coefficient (Wildman–Crippen LogP) is 2.19. The predicted molar refractivity (Wildman–Crippen MR) is 90.5 cm³/mol. The number of nitrogens with two attached hydrogens (primary N) is 1. The number of hydrogen-bond donors (Lipinski definition) is 1. The van der Waals surface area contributed by atoms with Crippen molar-refractivity contribution in [3.8, 4) is 0 Å². The SMILES string of the molecule is Cc1c(C(N)=O)cccc1C(=O)N1CCCCC1c1cnn(C)c1. The quantitative estimate of drug-likeness (QED) is 0.939. The molecular weight excluding hydrogens is 304 g/mol. The number of amides is 2. The van der Waals surface area contributed by atoms with E-state index in [4.69, 9.17) is 5.73 Å². The van der Waals surface area contributed by atoms with Crippen LogP contribution in [0.5, 0.6) is 0 Å². The lowest BCUT2D eigenvalue weighted by molar-refractivity contribution is 0.0610. The van der Waals surface area contributed by atoms with Crippen molar-refractivity contribution in [2.45, 2.75) is 32.2 Å². The largest absolute Gasteiger partial charge is 0.366 e. The first-order valence-electron chi connectivity index (χ1n) is 8.18. The van der Waals surface area contributed by atoms with Gasteiger partial charge in [-0.1, -0.05) is 6.07 Å². The number of aromatic nitrogens is 2. The van der Waals surface area contributed by atoms with Gasteiger partial charge in [-0.15, -0.1) is 0 Å². The molecule has 0 bridgehead atoms. The van der Waals surface area contributed by atoms with Gasteiger partial charge in [0.05, 0.1) is 12.2 Å². The number of piperidine rings is 1. The second-order valence-corrected chi connectivity index (χ2v) is 6.30. The van der Waals surface area contributed by atoms with Crippen LogP contribution in [0.3, 0.4) is 0 Å². The second-order valence-electron chi connectivity index (χ2n) is 6.30. The minimum Gasteiger partial charge on any atom is -0.366 e. The fourth-order valence-electron chi connectivity index (χ4n) is 3.42. The van der Waals surface area contributed by atoms with E-state index < -0.39 is 5.91 Å². The highest BCUT2D eigenvalue weighted by atomic mass is 16.2. The summed E-state index contributed by atoms with van der Waals surface area (Å²) in [6.07, 6.45) is 6.78. The highest BCUT2D eigenvalue weighted by Crippen LogP contribution is 2.32. The minimum absolute atomic E-state index is 0.0246. The summed E-state index contributed by atoms with van der Waals surface area (Å²) in [4.78, 5) is 26.6. The van der Waals surface area contributed by atoms with Gasteiger partial charge in [0, 0.05) is 36.5 Å². The third-order valence-electron chi connectivity index (χ3n) is 4.70. The highest BCUT2D eigenvalue weighted by molar-refractivity contribution is 6.01. The molecule has 1 fully saturated rings. The zero-order valence-electron chi connectivity index (χ0n) is 14.0. The molecule has 2 aromatic rings. The average Bonchev–Trinajstić information content (AvgIpc) is 3.00. The molecular formula is C18H22N4O2. The highest BCUT2D eigenvalue weighted by Gasteiger charge is 2.30. The second kappa shape index (κ2) is 6.47. The van der Waals surface area contributed by atoms with Gasteiger partial charge < -0.3 is 10.6 Å². The molecule has 1 atom stereocenters. The van der Waals surface area contributed by atoms with Crippen LogP contribution in [-0.4, -0.2) is 33.0 Å². The molecule has 3 rings (SSSR count). The standard InChI is InChI=1S/C18H22N4O2/c1-12-14(17(19)23)6-5-7-15(12)18(24)22-9-4-3-8-16(22)13-10-20-21(2)11-13/h5-7,10-11,16H,3-4,8-9H2,1-2H3,(H2,19,23). The normalized spacial score (nSPS) is 17.8. The first-order chi connectivity index (χ1) is 11.5. The van der Waals surface area contributed by atoms with Gasteiger partial charge >= 0.3 is 0 Å². The van der Waals surface area contributed by atoms with Crippen LogP contribution in [0.1, 0.15) is 57.1 Å². The van der Waals surface area contributed by atoms with E-state index in [0.29, 0.717) is 23.2 Å². The molecule has 0 aliphatic carbocycles. The number of carbonyl (C=O) groups excluding carboxylic acids is 2. The Morgan fingerprint density at radius 3 is 2.67 bits per heavy atom. The van der Waals surface area contributed by atoms with E-state index in [9.17, 15) is 9.59 Å². The van der Waals surface area contributed by atoms with Crippen LogP contribution in [0.15, 0.2) is 30.6 Å². The maximum atomic E-state index is 13.1. The van der Waals surface area contributed by atoms with Crippen LogP contribution < -0.4 is 5.73 Å². The lowest BCUT2D eigenvalue weighted by Gasteiger charge is -2.35. The molecule has 1 aliphatic heterocycles. The van der Waals surface area contributed by atoms with E-state index in [1.165, 1.54) is 0 Å². The maximum Gasteiger partial charge on any atom is 0.254 e. The molecule has 6 heteroatoms. The zero-order chi connectivity index (χ0) is 17.3. The summed E-state index contributed by atoms with van der Waals surface area (Å²) in [5.41, 5.74) is 8.05. The van der Waals surface area contributed by atoms with Gasteiger partial charge in [0.1, 0.15) is 0 Å². The van der Waals surface area contributed by atoms with Crippen LogP contribution in [0.2, 0.25) is 0 Å². The number of likely N-dealkylation sites (tertiary alicyclic amines) is 1. The van der Waals surface area contributed by atoms with Crippen molar-refractivity contribution in [3.05, 3.63) is 52.8 Å². The summed E-state index contributed by atoms with van der Waals surface area (Å²) in [7, 11) is 1.87. The molecule has 1 aromatic heterocycles. The van der Waals surface area contributed by atoms with Gasteiger partial charge in [-0.3, -0.25) is 14.3 Å². The van der Waals surface area contributed by atoms with Gasteiger partial charge in [-0.05, 0) is 43.9 Å². The molecule has 0 spiro atoms. The van der Waals surface area contributed by atoms with Crippen molar-refractivity contribution in [1.82, 2.24) is 14.7 Å². The first-order valence-corrected chi connectivity index (χ1v) is 8.18. The Morgan fingerprint density at radius 2 is 2.00 bits per heavy atom. The number of rotatable bonds is 3. The molecule has 0 radical (unpaired) electrons. The van der Waals surface area contributed by atoms with Crippen molar-refractivity contribution >= 4 is 11.8 Å². The number of benzene rings is 1. The molecule has 1 aliphatic rings. The summed E-state index contributed by atoms with van der Waals surface area (Å²) in [6.45, 7) is 2.48. The molecule has 24 heavy (non-hydrogen) atoms. The van der Waals surface area contributed by atoms with Crippen molar-refractivity contribution in [3.63, 3.8) is 0 Å². The smallest absolute Gasteiger partial charge is 0.254 e. The summed E-state index contributed by atoms with van der Waals surface area (Å²) >= 11 is 0. The summed E-state index contributed by atoms with van der Waals surface area (Å²) in [5.74, 6) is -0.561. The van der Waals surface area contributed by atoms with E-state index in [0.717, 1.165) is 24.8 Å². The summed E-state index contributed by atoms with van der Waals surface area (Å²) in [5, 5.41) is 4.23. The summed E-state index contributed by atoms with van der Waals surface area (Å²) in [6, 6.07) is 5.16.